The molecule has 0 amide bonds. The van der Waals surface area contributed by atoms with Crippen LogP contribution >= 0.6 is 0 Å². The summed E-state index contributed by atoms with van der Waals surface area (Å²) in [5, 5.41) is 3.50. The lowest BCUT2D eigenvalue weighted by Crippen LogP contribution is -2.35. The Labute approximate surface area is 105 Å². The van der Waals surface area contributed by atoms with Crippen LogP contribution in [0.4, 0.5) is 0 Å². The summed E-state index contributed by atoms with van der Waals surface area (Å²) in [4.78, 5) is 0. The molecule has 0 aliphatic heterocycles. The normalized spacial score (nSPS) is 11.9. The first-order valence-corrected chi connectivity index (χ1v) is 6.30. The third kappa shape index (κ3) is 4.78. The van der Waals surface area contributed by atoms with Crippen LogP contribution in [0, 0.1) is 5.41 Å². The number of para-hydroxylation sites is 1. The monoisotopic (exact) mass is 235 g/mol. The van der Waals surface area contributed by atoms with Crippen LogP contribution in [0.5, 0.6) is 5.75 Å². The van der Waals surface area contributed by atoms with E-state index >= 15 is 0 Å². The van der Waals surface area contributed by atoms with E-state index in [1.807, 2.05) is 12.1 Å². The third-order valence-corrected chi connectivity index (χ3v) is 2.85. The number of nitrogens with one attached hydrogen (secondary N) is 1. The minimum atomic E-state index is 0.235. The Bertz CT molecular complexity index is 345. The second-order valence-electron chi connectivity index (χ2n) is 5.69. The van der Waals surface area contributed by atoms with Gasteiger partial charge >= 0.3 is 0 Å². The van der Waals surface area contributed by atoms with Crippen molar-refractivity contribution in [1.29, 1.82) is 0 Å². The minimum absolute atomic E-state index is 0.235. The Morgan fingerprint density at radius 2 is 1.88 bits per heavy atom. The van der Waals surface area contributed by atoms with Crippen molar-refractivity contribution >= 4 is 0 Å². The SMILES string of the molecule is COc1ccccc1CC(C)(C)CNC(C)C. The predicted molar refractivity (Wildman–Crippen MR) is 73.6 cm³/mol. The number of benzene rings is 1. The highest BCUT2D eigenvalue weighted by Gasteiger charge is 2.20. The number of methoxy groups -OCH3 is 1. The van der Waals surface area contributed by atoms with Crippen molar-refractivity contribution in [3.8, 4) is 5.75 Å². The molecule has 0 heterocycles. The summed E-state index contributed by atoms with van der Waals surface area (Å²) in [6.45, 7) is 9.95. The molecule has 0 bridgehead atoms. The quantitative estimate of drug-likeness (QED) is 0.817. The molecule has 96 valence electrons. The van der Waals surface area contributed by atoms with Crippen LogP contribution in [0.15, 0.2) is 24.3 Å². The number of rotatable bonds is 6. The molecular weight excluding hydrogens is 210 g/mol. The maximum atomic E-state index is 5.40. The standard InChI is InChI=1S/C15H25NO/c1-12(2)16-11-15(3,4)10-13-8-6-7-9-14(13)17-5/h6-9,12,16H,10-11H2,1-5H3. The van der Waals surface area contributed by atoms with E-state index in [0.717, 1.165) is 18.7 Å². The summed E-state index contributed by atoms with van der Waals surface area (Å²) < 4.78 is 5.40. The molecule has 1 aromatic carbocycles. The maximum absolute atomic E-state index is 5.40. The van der Waals surface area contributed by atoms with Crippen LogP contribution in [-0.2, 0) is 6.42 Å². The average molecular weight is 235 g/mol. The first kappa shape index (κ1) is 14.0. The average Bonchev–Trinajstić information content (AvgIpc) is 2.27. The van der Waals surface area contributed by atoms with Gasteiger partial charge in [-0.05, 0) is 23.5 Å². The third-order valence-electron chi connectivity index (χ3n) is 2.85. The van der Waals surface area contributed by atoms with E-state index in [9.17, 15) is 0 Å². The van der Waals surface area contributed by atoms with Crippen LogP contribution in [0.1, 0.15) is 33.3 Å². The molecule has 2 heteroatoms. The molecule has 0 spiro atoms. The lowest BCUT2D eigenvalue weighted by molar-refractivity contribution is 0.318. The first-order chi connectivity index (χ1) is 7.94. The van der Waals surface area contributed by atoms with Crippen LogP contribution in [0.3, 0.4) is 0 Å². The van der Waals surface area contributed by atoms with Crippen LogP contribution in [0.2, 0.25) is 0 Å². The van der Waals surface area contributed by atoms with E-state index in [0.29, 0.717) is 6.04 Å². The Kier molecular flexibility index (Phi) is 5.01. The second-order valence-corrected chi connectivity index (χ2v) is 5.69. The zero-order chi connectivity index (χ0) is 12.9. The Balaban J connectivity index is 2.68. The van der Waals surface area contributed by atoms with Crippen molar-refractivity contribution in [1.82, 2.24) is 5.32 Å². The van der Waals surface area contributed by atoms with Gasteiger partial charge in [-0.25, -0.2) is 0 Å². The zero-order valence-electron chi connectivity index (χ0n) is 11.7. The van der Waals surface area contributed by atoms with Gasteiger partial charge in [-0.15, -0.1) is 0 Å². The van der Waals surface area contributed by atoms with Gasteiger partial charge in [-0.2, -0.15) is 0 Å². The Morgan fingerprint density at radius 3 is 2.47 bits per heavy atom. The van der Waals surface area contributed by atoms with Crippen LogP contribution in [0.25, 0.3) is 0 Å². The van der Waals surface area contributed by atoms with Crippen molar-refractivity contribution in [3.05, 3.63) is 29.8 Å². The maximum Gasteiger partial charge on any atom is 0.122 e. The molecule has 0 saturated heterocycles. The molecule has 0 unspecified atom stereocenters. The van der Waals surface area contributed by atoms with Crippen molar-refractivity contribution in [2.75, 3.05) is 13.7 Å². The van der Waals surface area contributed by atoms with Gasteiger partial charge in [0.05, 0.1) is 7.11 Å². The van der Waals surface area contributed by atoms with E-state index in [1.54, 1.807) is 7.11 Å². The van der Waals surface area contributed by atoms with Gasteiger partial charge < -0.3 is 10.1 Å². The molecule has 0 saturated carbocycles. The molecule has 1 aromatic rings. The fraction of sp³-hybridized carbons (Fsp3) is 0.600. The van der Waals surface area contributed by atoms with Gasteiger partial charge in [-0.1, -0.05) is 45.9 Å². The highest BCUT2D eigenvalue weighted by Crippen LogP contribution is 2.27. The lowest BCUT2D eigenvalue weighted by Gasteiger charge is -2.27. The molecule has 0 fully saturated rings. The van der Waals surface area contributed by atoms with E-state index in [2.05, 4.69) is 45.1 Å². The topological polar surface area (TPSA) is 21.3 Å². The molecule has 0 aliphatic rings. The second kappa shape index (κ2) is 6.06. The van der Waals surface area contributed by atoms with E-state index in [-0.39, 0.29) is 5.41 Å². The summed E-state index contributed by atoms with van der Waals surface area (Å²) in [5.41, 5.74) is 1.52. The largest absolute Gasteiger partial charge is 0.496 e. The number of ether oxygens (including phenoxy) is 1. The van der Waals surface area contributed by atoms with Crippen molar-refractivity contribution in [3.63, 3.8) is 0 Å². The summed E-state index contributed by atoms with van der Waals surface area (Å²) in [6, 6.07) is 8.80. The van der Waals surface area contributed by atoms with Gasteiger partial charge in [0, 0.05) is 12.6 Å². The fourth-order valence-corrected chi connectivity index (χ4v) is 1.91. The van der Waals surface area contributed by atoms with Crippen LogP contribution in [-0.4, -0.2) is 19.7 Å². The molecular formula is C15H25NO. The zero-order valence-corrected chi connectivity index (χ0v) is 11.7. The summed E-state index contributed by atoms with van der Waals surface area (Å²) in [6.07, 6.45) is 1.02. The molecule has 0 atom stereocenters. The predicted octanol–water partition coefficient (Wildman–Crippen LogP) is 3.26. The van der Waals surface area contributed by atoms with Crippen molar-refractivity contribution in [2.24, 2.45) is 5.41 Å². The molecule has 0 radical (unpaired) electrons. The van der Waals surface area contributed by atoms with Crippen LogP contribution < -0.4 is 10.1 Å². The molecule has 1 rings (SSSR count). The van der Waals surface area contributed by atoms with Gasteiger partial charge in [0.25, 0.3) is 0 Å². The molecule has 0 aliphatic carbocycles. The van der Waals surface area contributed by atoms with Gasteiger partial charge in [0.15, 0.2) is 0 Å². The van der Waals surface area contributed by atoms with E-state index in [4.69, 9.17) is 4.74 Å². The highest BCUT2D eigenvalue weighted by molar-refractivity contribution is 5.33. The smallest absolute Gasteiger partial charge is 0.122 e. The van der Waals surface area contributed by atoms with E-state index in [1.165, 1.54) is 5.56 Å². The fourth-order valence-electron chi connectivity index (χ4n) is 1.91. The van der Waals surface area contributed by atoms with Crippen molar-refractivity contribution < 1.29 is 4.74 Å². The van der Waals surface area contributed by atoms with Gasteiger partial charge in [0.1, 0.15) is 5.75 Å². The first-order valence-electron chi connectivity index (χ1n) is 6.30. The Morgan fingerprint density at radius 1 is 1.24 bits per heavy atom. The van der Waals surface area contributed by atoms with E-state index < -0.39 is 0 Å². The summed E-state index contributed by atoms with van der Waals surface area (Å²) in [5.74, 6) is 0.991. The summed E-state index contributed by atoms with van der Waals surface area (Å²) in [7, 11) is 1.73. The summed E-state index contributed by atoms with van der Waals surface area (Å²) >= 11 is 0. The number of hydrogen-bond donors (Lipinski definition) is 1. The van der Waals surface area contributed by atoms with Gasteiger partial charge in [0.2, 0.25) is 0 Å². The Hall–Kier alpha value is -1.02. The van der Waals surface area contributed by atoms with Gasteiger partial charge in [-0.3, -0.25) is 0 Å². The molecule has 0 aromatic heterocycles. The molecule has 17 heavy (non-hydrogen) atoms. The lowest BCUT2D eigenvalue weighted by atomic mass is 9.85. The molecule has 1 N–H and O–H groups in total. The molecule has 2 nitrogen and oxygen atoms in total. The highest BCUT2D eigenvalue weighted by atomic mass is 16.5. The number of hydrogen-bond acceptors (Lipinski definition) is 2. The van der Waals surface area contributed by atoms with Crippen molar-refractivity contribution in [2.45, 2.75) is 40.2 Å². The minimum Gasteiger partial charge on any atom is -0.496 e.